The monoisotopic (exact) mass is 276 g/mol. The van der Waals surface area contributed by atoms with Crippen molar-refractivity contribution in [2.45, 2.75) is 62.9 Å². The van der Waals surface area contributed by atoms with E-state index in [1.165, 1.54) is 32.1 Å². The highest BCUT2D eigenvalue weighted by atomic mass is 16.2. The zero-order valence-corrected chi connectivity index (χ0v) is 11.8. The number of hydrogen-bond acceptors (Lipinski definition) is 3. The molecule has 0 bridgehead atoms. The highest BCUT2D eigenvalue weighted by Gasteiger charge is 2.41. The van der Waals surface area contributed by atoms with E-state index in [-0.39, 0.29) is 18.0 Å². The normalized spacial score (nSPS) is 28.1. The van der Waals surface area contributed by atoms with Gasteiger partial charge in [-0.15, -0.1) is 0 Å². The molecule has 1 heterocycles. The van der Waals surface area contributed by atoms with E-state index in [4.69, 9.17) is 5.73 Å². The molecule has 4 N–H and O–H groups in total. The molecule has 5 nitrogen and oxygen atoms in total. The molecule has 0 aromatic carbocycles. The molecule has 3 atom stereocenters. The minimum absolute atomic E-state index is 0.0126. The van der Waals surface area contributed by atoms with Crippen LogP contribution in [0.5, 0.6) is 0 Å². The van der Waals surface area contributed by atoms with Crippen molar-refractivity contribution in [2.75, 3.05) is 0 Å². The van der Waals surface area contributed by atoms with Gasteiger partial charge >= 0.3 is 0 Å². The Balaban J connectivity index is 1.43. The van der Waals surface area contributed by atoms with Gasteiger partial charge in [0.15, 0.2) is 0 Å². The lowest BCUT2D eigenvalue weighted by Gasteiger charge is -2.24. The van der Waals surface area contributed by atoms with Gasteiger partial charge in [0.2, 0.25) is 5.91 Å². The van der Waals surface area contributed by atoms with Gasteiger partial charge in [0.25, 0.3) is 0 Å². The molecule has 110 valence electrons. The first-order valence-electron chi connectivity index (χ1n) is 7.78. The van der Waals surface area contributed by atoms with E-state index < -0.39 is 0 Å². The van der Waals surface area contributed by atoms with Crippen molar-refractivity contribution in [3.8, 4) is 0 Å². The molecule has 2 saturated carbocycles. The van der Waals surface area contributed by atoms with Crippen LogP contribution in [-0.2, 0) is 4.79 Å². The molecule has 2 fully saturated rings. The second-order valence-corrected chi connectivity index (χ2v) is 6.30. The number of aromatic amines is 1. The zero-order valence-electron chi connectivity index (χ0n) is 11.8. The molecule has 2 aliphatic rings. The summed E-state index contributed by atoms with van der Waals surface area (Å²) < 4.78 is 0. The lowest BCUT2D eigenvalue weighted by atomic mass is 9.85. The van der Waals surface area contributed by atoms with Gasteiger partial charge in [-0.25, -0.2) is 4.98 Å². The lowest BCUT2D eigenvalue weighted by Crippen LogP contribution is -2.43. The molecule has 20 heavy (non-hydrogen) atoms. The van der Waals surface area contributed by atoms with Crippen molar-refractivity contribution in [3.05, 3.63) is 18.2 Å². The van der Waals surface area contributed by atoms with Crippen LogP contribution >= 0.6 is 0 Å². The average Bonchev–Trinajstić information content (AvgIpc) is 3.01. The van der Waals surface area contributed by atoms with Crippen molar-refractivity contribution in [1.29, 1.82) is 0 Å². The maximum atomic E-state index is 12.1. The van der Waals surface area contributed by atoms with Crippen LogP contribution in [0.25, 0.3) is 0 Å². The molecule has 0 saturated heterocycles. The summed E-state index contributed by atoms with van der Waals surface area (Å²) in [7, 11) is 0. The van der Waals surface area contributed by atoms with Gasteiger partial charge in [-0.05, 0) is 18.8 Å². The number of imidazole rings is 1. The minimum atomic E-state index is -0.349. The Bertz CT molecular complexity index is 439. The Morgan fingerprint density at radius 2 is 2.25 bits per heavy atom. The van der Waals surface area contributed by atoms with Crippen LogP contribution < -0.4 is 11.1 Å². The van der Waals surface area contributed by atoms with Crippen LogP contribution in [0.3, 0.4) is 0 Å². The molecule has 0 spiro atoms. The molecule has 5 heteroatoms. The Morgan fingerprint density at radius 3 is 2.95 bits per heavy atom. The Labute approximate surface area is 119 Å². The Hall–Kier alpha value is -1.36. The van der Waals surface area contributed by atoms with Crippen molar-refractivity contribution < 1.29 is 4.79 Å². The fourth-order valence-corrected chi connectivity index (χ4v) is 3.33. The zero-order chi connectivity index (χ0) is 13.9. The standard InChI is InChI=1S/C15H24N4O/c16-12(6-10-4-2-1-3-5-10)15(20)19-13-7-11(13)14-8-17-9-18-14/h8-13H,1-7,16H2,(H,17,18)(H,19,20)/t11?,12-,13?/m0/s1. The van der Waals surface area contributed by atoms with E-state index in [0.717, 1.165) is 18.5 Å². The van der Waals surface area contributed by atoms with Gasteiger partial charge in [-0.3, -0.25) is 4.79 Å². The number of nitrogens with zero attached hydrogens (tertiary/aromatic N) is 1. The molecular formula is C15H24N4O. The van der Waals surface area contributed by atoms with E-state index >= 15 is 0 Å². The topological polar surface area (TPSA) is 83.8 Å². The number of hydrogen-bond donors (Lipinski definition) is 3. The maximum Gasteiger partial charge on any atom is 0.237 e. The summed E-state index contributed by atoms with van der Waals surface area (Å²) in [6, 6.07) is -0.123. The third kappa shape index (κ3) is 3.20. The minimum Gasteiger partial charge on any atom is -0.351 e. The first-order chi connectivity index (χ1) is 9.74. The van der Waals surface area contributed by atoms with E-state index in [0.29, 0.717) is 11.8 Å². The largest absolute Gasteiger partial charge is 0.351 e. The number of H-pyrrole nitrogens is 1. The number of rotatable bonds is 5. The predicted molar refractivity (Wildman–Crippen MR) is 77.0 cm³/mol. The number of carbonyl (C=O) groups excluding carboxylic acids is 1. The van der Waals surface area contributed by atoms with E-state index in [1.54, 1.807) is 6.33 Å². The molecule has 0 radical (unpaired) electrons. The number of aromatic nitrogens is 2. The second kappa shape index (κ2) is 5.95. The van der Waals surface area contributed by atoms with Gasteiger partial charge in [-0.1, -0.05) is 32.1 Å². The number of amides is 1. The maximum absolute atomic E-state index is 12.1. The number of nitrogens with one attached hydrogen (secondary N) is 2. The molecule has 0 aliphatic heterocycles. The van der Waals surface area contributed by atoms with Crippen LogP contribution in [0.15, 0.2) is 12.5 Å². The number of carbonyl (C=O) groups is 1. The van der Waals surface area contributed by atoms with E-state index in [2.05, 4.69) is 15.3 Å². The van der Waals surface area contributed by atoms with Crippen LogP contribution in [0.4, 0.5) is 0 Å². The Kier molecular flexibility index (Phi) is 4.05. The lowest BCUT2D eigenvalue weighted by molar-refractivity contribution is -0.123. The molecule has 1 amide bonds. The van der Waals surface area contributed by atoms with Crippen molar-refractivity contribution >= 4 is 5.91 Å². The molecule has 2 aliphatic carbocycles. The molecule has 2 unspecified atom stereocenters. The van der Waals surface area contributed by atoms with Crippen LogP contribution in [0.1, 0.15) is 56.6 Å². The summed E-state index contributed by atoms with van der Waals surface area (Å²) in [6.45, 7) is 0. The summed E-state index contributed by atoms with van der Waals surface area (Å²) in [5.74, 6) is 1.02. The SMILES string of the molecule is N[C@@H](CC1CCCCC1)C(=O)NC1CC1c1c[nH]cn1. The first-order valence-corrected chi connectivity index (χ1v) is 7.78. The third-order valence-corrected chi connectivity index (χ3v) is 4.67. The van der Waals surface area contributed by atoms with Crippen molar-refractivity contribution in [2.24, 2.45) is 11.7 Å². The predicted octanol–water partition coefficient (Wildman–Crippen LogP) is 1.68. The van der Waals surface area contributed by atoms with Gasteiger partial charge < -0.3 is 16.0 Å². The van der Waals surface area contributed by atoms with Crippen molar-refractivity contribution in [1.82, 2.24) is 15.3 Å². The van der Waals surface area contributed by atoms with Crippen LogP contribution in [0.2, 0.25) is 0 Å². The molecule has 1 aromatic rings. The highest BCUT2D eigenvalue weighted by molar-refractivity contribution is 5.82. The van der Waals surface area contributed by atoms with Crippen LogP contribution in [-0.4, -0.2) is 28.0 Å². The Morgan fingerprint density at radius 1 is 1.45 bits per heavy atom. The second-order valence-electron chi connectivity index (χ2n) is 6.30. The number of nitrogens with two attached hydrogens (primary N) is 1. The fourth-order valence-electron chi connectivity index (χ4n) is 3.33. The van der Waals surface area contributed by atoms with E-state index in [1.807, 2.05) is 6.20 Å². The molecular weight excluding hydrogens is 252 g/mol. The highest BCUT2D eigenvalue weighted by Crippen LogP contribution is 2.39. The van der Waals surface area contributed by atoms with Gasteiger partial charge in [-0.2, -0.15) is 0 Å². The quantitative estimate of drug-likeness (QED) is 0.765. The van der Waals surface area contributed by atoms with E-state index in [9.17, 15) is 4.79 Å². The summed E-state index contributed by atoms with van der Waals surface area (Å²) in [4.78, 5) is 19.3. The smallest absolute Gasteiger partial charge is 0.237 e. The average molecular weight is 276 g/mol. The van der Waals surface area contributed by atoms with Gasteiger partial charge in [0.1, 0.15) is 0 Å². The molecule has 1 aromatic heterocycles. The summed E-state index contributed by atoms with van der Waals surface area (Å²) in [5.41, 5.74) is 7.09. The fraction of sp³-hybridized carbons (Fsp3) is 0.733. The summed E-state index contributed by atoms with van der Waals surface area (Å²) >= 11 is 0. The van der Waals surface area contributed by atoms with Crippen molar-refractivity contribution in [3.63, 3.8) is 0 Å². The van der Waals surface area contributed by atoms with Gasteiger partial charge in [0, 0.05) is 18.2 Å². The first kappa shape index (κ1) is 13.6. The summed E-state index contributed by atoms with van der Waals surface area (Å²) in [5, 5.41) is 3.06. The van der Waals surface area contributed by atoms with Crippen LogP contribution in [0, 0.1) is 5.92 Å². The molecule has 3 rings (SSSR count). The summed E-state index contributed by atoms with van der Waals surface area (Å²) in [6.07, 6.45) is 11.8. The van der Waals surface area contributed by atoms with Gasteiger partial charge in [0.05, 0.1) is 18.1 Å². The third-order valence-electron chi connectivity index (χ3n) is 4.67.